The van der Waals surface area contributed by atoms with E-state index in [4.69, 9.17) is 11.6 Å². The molecule has 4 rings (SSSR count). The maximum atomic E-state index is 12.5. The summed E-state index contributed by atoms with van der Waals surface area (Å²) in [5.41, 5.74) is 2.50. The van der Waals surface area contributed by atoms with Crippen molar-refractivity contribution in [3.8, 4) is 5.13 Å². The number of nitrogens with zero attached hydrogens (tertiary/aromatic N) is 3. The van der Waals surface area contributed by atoms with Crippen molar-refractivity contribution in [2.24, 2.45) is 0 Å². The first-order valence-electron chi connectivity index (χ1n) is 8.06. The largest absolute Gasteiger partial charge is 0.310 e. The zero-order valence-electron chi connectivity index (χ0n) is 13.9. The molecule has 26 heavy (non-hydrogen) atoms. The Morgan fingerprint density at radius 1 is 1.19 bits per heavy atom. The molecule has 1 amide bonds. The van der Waals surface area contributed by atoms with Gasteiger partial charge in [0.2, 0.25) is 11.0 Å². The van der Waals surface area contributed by atoms with Crippen LogP contribution in [0.1, 0.15) is 11.3 Å². The van der Waals surface area contributed by atoms with E-state index in [0.29, 0.717) is 16.0 Å². The quantitative estimate of drug-likeness (QED) is 0.560. The van der Waals surface area contributed by atoms with Crippen molar-refractivity contribution in [1.29, 1.82) is 0 Å². The highest BCUT2D eigenvalue weighted by Crippen LogP contribution is 2.27. The molecular formula is C19H15ClN4OS. The van der Waals surface area contributed by atoms with Crippen LogP contribution in [0.25, 0.3) is 15.3 Å². The van der Waals surface area contributed by atoms with Crippen molar-refractivity contribution in [3.63, 3.8) is 0 Å². The van der Waals surface area contributed by atoms with Gasteiger partial charge in [-0.2, -0.15) is 9.78 Å². The molecule has 0 atom stereocenters. The molecule has 0 bridgehead atoms. The van der Waals surface area contributed by atoms with Crippen molar-refractivity contribution in [2.75, 3.05) is 5.32 Å². The number of amides is 1. The van der Waals surface area contributed by atoms with Crippen LogP contribution in [0.5, 0.6) is 0 Å². The standard InChI is InChI=1S/C19H15ClN4OS/c1-12-10-17(22-18(25)11-13-6-2-3-7-14(13)20)24(23-12)19-21-15-8-4-5-9-16(15)26-19/h2-10H,11H2,1H3,(H,22,25). The zero-order chi connectivity index (χ0) is 18.1. The van der Waals surface area contributed by atoms with Crippen LogP contribution in [0.3, 0.4) is 0 Å². The summed E-state index contributed by atoms with van der Waals surface area (Å²) in [6.45, 7) is 1.88. The van der Waals surface area contributed by atoms with Crippen LogP contribution in [0.4, 0.5) is 5.82 Å². The Morgan fingerprint density at radius 2 is 1.96 bits per heavy atom. The van der Waals surface area contributed by atoms with Gasteiger partial charge in [-0.05, 0) is 30.7 Å². The average Bonchev–Trinajstić information content (AvgIpc) is 3.20. The lowest BCUT2D eigenvalue weighted by atomic mass is 10.1. The van der Waals surface area contributed by atoms with Gasteiger partial charge in [-0.3, -0.25) is 4.79 Å². The van der Waals surface area contributed by atoms with E-state index in [1.165, 1.54) is 11.3 Å². The number of halogens is 1. The molecule has 0 unspecified atom stereocenters. The van der Waals surface area contributed by atoms with E-state index in [0.717, 1.165) is 21.5 Å². The molecule has 0 saturated heterocycles. The van der Waals surface area contributed by atoms with Gasteiger partial charge in [-0.1, -0.05) is 53.3 Å². The molecule has 0 aliphatic carbocycles. The molecule has 0 radical (unpaired) electrons. The van der Waals surface area contributed by atoms with Gasteiger partial charge in [-0.25, -0.2) is 4.98 Å². The van der Waals surface area contributed by atoms with E-state index >= 15 is 0 Å². The van der Waals surface area contributed by atoms with Crippen LogP contribution in [0.15, 0.2) is 54.6 Å². The lowest BCUT2D eigenvalue weighted by molar-refractivity contribution is -0.115. The molecule has 2 aromatic carbocycles. The minimum Gasteiger partial charge on any atom is -0.310 e. The second kappa shape index (κ2) is 6.90. The fourth-order valence-corrected chi connectivity index (χ4v) is 3.82. The summed E-state index contributed by atoms with van der Waals surface area (Å²) in [6.07, 6.45) is 0.198. The summed E-state index contributed by atoms with van der Waals surface area (Å²) in [4.78, 5) is 17.1. The van der Waals surface area contributed by atoms with Crippen molar-refractivity contribution in [3.05, 3.63) is 70.9 Å². The van der Waals surface area contributed by atoms with E-state index in [9.17, 15) is 4.79 Å². The molecule has 0 aliphatic heterocycles. The molecule has 0 saturated carbocycles. The van der Waals surface area contributed by atoms with Crippen molar-refractivity contribution in [1.82, 2.24) is 14.8 Å². The number of hydrogen-bond acceptors (Lipinski definition) is 4. The number of aromatic nitrogens is 3. The number of benzene rings is 2. The molecule has 2 aromatic heterocycles. The fourth-order valence-electron chi connectivity index (χ4n) is 2.69. The van der Waals surface area contributed by atoms with Crippen LogP contribution in [0.2, 0.25) is 5.02 Å². The summed E-state index contributed by atoms with van der Waals surface area (Å²) in [5.74, 6) is 0.443. The number of thiazole rings is 1. The first-order valence-corrected chi connectivity index (χ1v) is 9.25. The minimum atomic E-state index is -0.152. The van der Waals surface area contributed by atoms with Crippen molar-refractivity contribution in [2.45, 2.75) is 13.3 Å². The maximum absolute atomic E-state index is 12.5. The van der Waals surface area contributed by atoms with Gasteiger partial charge in [0.1, 0.15) is 5.82 Å². The number of anilines is 1. The van der Waals surface area contributed by atoms with Gasteiger partial charge in [0.05, 0.1) is 22.3 Å². The lowest BCUT2D eigenvalue weighted by Gasteiger charge is -2.07. The third-order valence-electron chi connectivity index (χ3n) is 3.87. The zero-order valence-corrected chi connectivity index (χ0v) is 15.5. The Kier molecular flexibility index (Phi) is 4.44. The Hall–Kier alpha value is -2.70. The molecule has 130 valence electrons. The van der Waals surface area contributed by atoms with Crippen molar-refractivity contribution >= 4 is 44.9 Å². The molecule has 0 spiro atoms. The Morgan fingerprint density at radius 3 is 2.77 bits per heavy atom. The van der Waals surface area contributed by atoms with Gasteiger partial charge in [0, 0.05) is 11.1 Å². The highest BCUT2D eigenvalue weighted by Gasteiger charge is 2.15. The summed E-state index contributed by atoms with van der Waals surface area (Å²) >= 11 is 7.67. The number of hydrogen-bond donors (Lipinski definition) is 1. The Labute approximate surface area is 159 Å². The summed E-state index contributed by atoms with van der Waals surface area (Å²) < 4.78 is 2.74. The molecule has 4 aromatic rings. The van der Waals surface area contributed by atoms with Crippen LogP contribution in [-0.2, 0) is 11.2 Å². The topological polar surface area (TPSA) is 59.8 Å². The van der Waals surface area contributed by atoms with E-state index in [-0.39, 0.29) is 12.3 Å². The van der Waals surface area contributed by atoms with Crippen LogP contribution >= 0.6 is 22.9 Å². The molecule has 0 fully saturated rings. The third kappa shape index (κ3) is 3.34. The second-order valence-corrected chi connectivity index (χ2v) is 7.28. The molecule has 2 heterocycles. The first-order chi connectivity index (χ1) is 12.6. The van der Waals surface area contributed by atoms with Crippen LogP contribution in [-0.4, -0.2) is 20.7 Å². The number of carbonyl (C=O) groups is 1. The SMILES string of the molecule is Cc1cc(NC(=O)Cc2ccccc2Cl)n(-c2nc3ccccc3s2)n1. The summed E-state index contributed by atoms with van der Waals surface area (Å²) in [7, 11) is 0. The highest BCUT2D eigenvalue weighted by molar-refractivity contribution is 7.20. The monoisotopic (exact) mass is 382 g/mol. The highest BCUT2D eigenvalue weighted by atomic mass is 35.5. The Balaban J connectivity index is 1.61. The minimum absolute atomic E-state index is 0.152. The molecule has 7 heteroatoms. The summed E-state index contributed by atoms with van der Waals surface area (Å²) in [5, 5.41) is 8.69. The fraction of sp³-hybridized carbons (Fsp3) is 0.105. The van der Waals surface area contributed by atoms with E-state index in [1.807, 2.05) is 55.5 Å². The molecular weight excluding hydrogens is 368 g/mol. The number of para-hydroxylation sites is 1. The first kappa shape index (κ1) is 16.8. The number of rotatable bonds is 4. The normalized spacial score (nSPS) is 11.0. The van der Waals surface area contributed by atoms with Gasteiger partial charge in [0.15, 0.2) is 0 Å². The lowest BCUT2D eigenvalue weighted by Crippen LogP contribution is -2.17. The molecule has 1 N–H and O–H groups in total. The van der Waals surface area contributed by atoms with Gasteiger partial charge < -0.3 is 5.32 Å². The number of fused-ring (bicyclic) bond motifs is 1. The predicted octanol–water partition coefficient (Wildman–Crippen LogP) is 4.63. The molecule has 0 aliphatic rings. The number of carbonyl (C=O) groups excluding carboxylic acids is 1. The number of nitrogens with one attached hydrogen (secondary N) is 1. The second-order valence-electron chi connectivity index (χ2n) is 5.86. The van der Waals surface area contributed by atoms with Gasteiger partial charge >= 0.3 is 0 Å². The Bertz CT molecular complexity index is 1070. The van der Waals surface area contributed by atoms with E-state index in [2.05, 4.69) is 15.4 Å². The predicted molar refractivity (Wildman–Crippen MR) is 105 cm³/mol. The average molecular weight is 383 g/mol. The van der Waals surface area contributed by atoms with E-state index < -0.39 is 0 Å². The van der Waals surface area contributed by atoms with Gasteiger partial charge in [-0.15, -0.1) is 0 Å². The summed E-state index contributed by atoms with van der Waals surface area (Å²) in [6, 6.07) is 17.1. The molecule has 5 nitrogen and oxygen atoms in total. The maximum Gasteiger partial charge on any atom is 0.230 e. The van der Waals surface area contributed by atoms with Crippen molar-refractivity contribution < 1.29 is 4.79 Å². The van der Waals surface area contributed by atoms with E-state index in [1.54, 1.807) is 10.7 Å². The van der Waals surface area contributed by atoms with Gasteiger partial charge in [0.25, 0.3) is 0 Å². The van der Waals surface area contributed by atoms with Crippen LogP contribution < -0.4 is 5.32 Å². The third-order valence-corrected chi connectivity index (χ3v) is 5.25. The van der Waals surface area contributed by atoms with Crippen LogP contribution in [0, 0.1) is 6.92 Å². The smallest absolute Gasteiger partial charge is 0.230 e. The number of aryl methyl sites for hydroxylation is 1.